The lowest BCUT2D eigenvalue weighted by atomic mass is 10.1. The Labute approximate surface area is 162 Å². The Morgan fingerprint density at radius 3 is 2.52 bits per heavy atom. The number of hydrogen-bond acceptors (Lipinski definition) is 4. The number of nitrogens with one attached hydrogen (secondary N) is 1. The zero-order chi connectivity index (χ0) is 19.6. The molecule has 1 N–H and O–H groups in total. The van der Waals surface area contributed by atoms with Gasteiger partial charge in [-0.15, -0.1) is 11.8 Å². The number of carbonyl (C=O) groups excluding carboxylic acids is 1. The van der Waals surface area contributed by atoms with Crippen LogP contribution in [0.15, 0.2) is 41.3 Å². The molecule has 2 aromatic carbocycles. The van der Waals surface area contributed by atoms with Crippen LogP contribution in [0.25, 0.3) is 0 Å². The molecule has 0 fully saturated rings. The summed E-state index contributed by atoms with van der Waals surface area (Å²) in [6.45, 7) is 5.34. The van der Waals surface area contributed by atoms with Crippen LogP contribution in [0.4, 0.5) is 8.78 Å². The topological polar surface area (TPSA) is 47.6 Å². The summed E-state index contributed by atoms with van der Waals surface area (Å²) in [5.41, 5.74) is 1.01. The van der Waals surface area contributed by atoms with Gasteiger partial charge in [0.05, 0.1) is 19.0 Å². The molecule has 0 heterocycles. The Kier molecular flexibility index (Phi) is 8.39. The van der Waals surface area contributed by atoms with Crippen molar-refractivity contribution in [3.05, 3.63) is 53.6 Å². The maximum Gasteiger partial charge on any atom is 0.230 e. The molecule has 1 amide bonds. The first-order chi connectivity index (χ1) is 13.0. The van der Waals surface area contributed by atoms with Crippen LogP contribution in [0, 0.1) is 11.6 Å². The lowest BCUT2D eigenvalue weighted by Gasteiger charge is -2.12. The molecule has 146 valence electrons. The molecule has 2 aromatic rings. The predicted octanol–water partition coefficient (Wildman–Crippen LogP) is 4.21. The third-order valence-corrected chi connectivity index (χ3v) is 4.63. The summed E-state index contributed by atoms with van der Waals surface area (Å²) in [6, 6.07) is 8.87. The van der Waals surface area contributed by atoms with Crippen LogP contribution in [0.2, 0.25) is 0 Å². The molecule has 0 unspecified atom stereocenters. The van der Waals surface area contributed by atoms with Crippen molar-refractivity contribution < 1.29 is 23.0 Å². The van der Waals surface area contributed by atoms with Gasteiger partial charge in [0, 0.05) is 11.4 Å². The molecular weight excluding hydrogens is 372 g/mol. The highest BCUT2D eigenvalue weighted by Crippen LogP contribution is 2.28. The van der Waals surface area contributed by atoms with Crippen LogP contribution in [-0.2, 0) is 11.2 Å². The molecule has 2 rings (SSSR count). The molecule has 27 heavy (non-hydrogen) atoms. The fourth-order valence-electron chi connectivity index (χ4n) is 2.38. The number of benzene rings is 2. The van der Waals surface area contributed by atoms with Gasteiger partial charge < -0.3 is 14.8 Å². The zero-order valence-electron chi connectivity index (χ0n) is 15.4. The molecule has 0 atom stereocenters. The number of amides is 1. The maximum atomic E-state index is 13.5. The number of hydrogen-bond donors (Lipinski definition) is 1. The monoisotopic (exact) mass is 395 g/mol. The van der Waals surface area contributed by atoms with Gasteiger partial charge in [-0.05, 0) is 56.2 Å². The quantitative estimate of drug-likeness (QED) is 0.612. The summed E-state index contributed by atoms with van der Waals surface area (Å²) in [4.78, 5) is 12.0. The number of halogens is 2. The number of thioether (sulfide) groups is 1. The third-order valence-electron chi connectivity index (χ3n) is 3.60. The summed E-state index contributed by atoms with van der Waals surface area (Å²) >= 11 is 0.968. The van der Waals surface area contributed by atoms with Gasteiger partial charge in [0.25, 0.3) is 0 Å². The number of carbonyl (C=O) groups is 1. The van der Waals surface area contributed by atoms with E-state index >= 15 is 0 Å². The summed E-state index contributed by atoms with van der Waals surface area (Å²) in [6.07, 6.45) is 0.622. The molecule has 4 nitrogen and oxygen atoms in total. The standard InChI is InChI=1S/C20H23F2NO3S/c1-3-25-17-8-5-14(11-18(17)26-4-2)9-10-23-20(24)13-27-19-12-15(21)6-7-16(19)22/h5-8,11-12H,3-4,9-10,13H2,1-2H3,(H,23,24). The third kappa shape index (κ3) is 6.75. The van der Waals surface area contributed by atoms with Crippen LogP contribution >= 0.6 is 11.8 Å². The molecule has 0 bridgehead atoms. The van der Waals surface area contributed by atoms with Crippen molar-refractivity contribution in [1.29, 1.82) is 0 Å². The van der Waals surface area contributed by atoms with Gasteiger partial charge in [0.15, 0.2) is 11.5 Å². The van der Waals surface area contributed by atoms with Crippen molar-refractivity contribution >= 4 is 17.7 Å². The highest BCUT2D eigenvalue weighted by atomic mass is 32.2. The van der Waals surface area contributed by atoms with E-state index < -0.39 is 11.6 Å². The van der Waals surface area contributed by atoms with Gasteiger partial charge in [-0.1, -0.05) is 6.07 Å². The minimum atomic E-state index is -0.535. The molecule has 0 aliphatic carbocycles. The fourth-order valence-corrected chi connectivity index (χ4v) is 3.17. The van der Waals surface area contributed by atoms with Gasteiger partial charge in [-0.2, -0.15) is 0 Å². The van der Waals surface area contributed by atoms with Crippen LogP contribution in [-0.4, -0.2) is 31.4 Å². The summed E-state index contributed by atoms with van der Waals surface area (Å²) < 4.78 is 37.8. The van der Waals surface area contributed by atoms with E-state index in [1.54, 1.807) is 0 Å². The SMILES string of the molecule is CCOc1ccc(CCNC(=O)CSc2cc(F)ccc2F)cc1OCC. The Hall–Kier alpha value is -2.28. The van der Waals surface area contributed by atoms with Gasteiger partial charge >= 0.3 is 0 Å². The lowest BCUT2D eigenvalue weighted by Crippen LogP contribution is -2.27. The fraction of sp³-hybridized carbons (Fsp3) is 0.350. The van der Waals surface area contributed by atoms with E-state index in [0.29, 0.717) is 37.7 Å². The molecule has 0 radical (unpaired) electrons. The normalized spacial score (nSPS) is 10.5. The smallest absolute Gasteiger partial charge is 0.230 e. The predicted molar refractivity (Wildman–Crippen MR) is 103 cm³/mol. The molecular formula is C20H23F2NO3S. The van der Waals surface area contributed by atoms with Crippen molar-refractivity contribution in [2.45, 2.75) is 25.2 Å². The minimum absolute atomic E-state index is 0.0217. The van der Waals surface area contributed by atoms with Crippen molar-refractivity contribution in [2.24, 2.45) is 0 Å². The first-order valence-electron chi connectivity index (χ1n) is 8.76. The molecule has 7 heteroatoms. The Morgan fingerprint density at radius 2 is 1.78 bits per heavy atom. The van der Waals surface area contributed by atoms with E-state index in [4.69, 9.17) is 9.47 Å². The van der Waals surface area contributed by atoms with E-state index in [2.05, 4.69) is 5.32 Å². The Morgan fingerprint density at radius 1 is 1.04 bits per heavy atom. The summed E-state index contributed by atoms with van der Waals surface area (Å²) in [5.74, 6) is 0.0981. The molecule has 0 saturated carbocycles. The second-order valence-electron chi connectivity index (χ2n) is 5.61. The number of ether oxygens (including phenoxy) is 2. The van der Waals surface area contributed by atoms with E-state index in [1.807, 2.05) is 32.0 Å². The average molecular weight is 395 g/mol. The molecule has 0 spiro atoms. The van der Waals surface area contributed by atoms with Crippen molar-refractivity contribution in [3.63, 3.8) is 0 Å². The molecule has 0 saturated heterocycles. The molecule has 0 aromatic heterocycles. The van der Waals surface area contributed by atoms with Crippen molar-refractivity contribution in [2.75, 3.05) is 25.5 Å². The van der Waals surface area contributed by atoms with E-state index in [0.717, 1.165) is 35.5 Å². The largest absolute Gasteiger partial charge is 0.490 e. The number of rotatable bonds is 10. The van der Waals surface area contributed by atoms with Crippen molar-refractivity contribution in [3.8, 4) is 11.5 Å². The highest BCUT2D eigenvalue weighted by Gasteiger charge is 2.09. The van der Waals surface area contributed by atoms with Crippen LogP contribution in [0.5, 0.6) is 11.5 Å². The Bertz CT molecular complexity index is 771. The highest BCUT2D eigenvalue weighted by molar-refractivity contribution is 8.00. The van der Waals surface area contributed by atoms with Gasteiger partial charge in [-0.3, -0.25) is 4.79 Å². The Balaban J connectivity index is 1.82. The van der Waals surface area contributed by atoms with Crippen LogP contribution in [0.3, 0.4) is 0 Å². The van der Waals surface area contributed by atoms with E-state index in [9.17, 15) is 13.6 Å². The second kappa shape index (κ2) is 10.8. The van der Waals surface area contributed by atoms with Crippen molar-refractivity contribution in [1.82, 2.24) is 5.32 Å². The van der Waals surface area contributed by atoms with Gasteiger partial charge in [0.2, 0.25) is 5.91 Å². The minimum Gasteiger partial charge on any atom is -0.490 e. The summed E-state index contributed by atoms with van der Waals surface area (Å²) in [5, 5.41) is 2.78. The maximum absolute atomic E-state index is 13.5. The van der Waals surface area contributed by atoms with Crippen LogP contribution < -0.4 is 14.8 Å². The van der Waals surface area contributed by atoms with Crippen LogP contribution in [0.1, 0.15) is 19.4 Å². The molecule has 0 aliphatic rings. The first kappa shape index (κ1) is 21.0. The summed E-state index contributed by atoms with van der Waals surface area (Å²) in [7, 11) is 0. The van der Waals surface area contributed by atoms with Gasteiger partial charge in [-0.25, -0.2) is 8.78 Å². The van der Waals surface area contributed by atoms with E-state index in [-0.39, 0.29) is 16.6 Å². The lowest BCUT2D eigenvalue weighted by molar-refractivity contribution is -0.118. The van der Waals surface area contributed by atoms with Gasteiger partial charge in [0.1, 0.15) is 11.6 Å². The van der Waals surface area contributed by atoms with E-state index in [1.165, 1.54) is 0 Å². The average Bonchev–Trinajstić information content (AvgIpc) is 2.65. The first-order valence-corrected chi connectivity index (χ1v) is 9.75. The molecule has 0 aliphatic heterocycles. The second-order valence-corrected chi connectivity index (χ2v) is 6.63. The zero-order valence-corrected chi connectivity index (χ0v) is 16.2.